The van der Waals surface area contributed by atoms with Gasteiger partial charge in [-0.1, -0.05) is 19.3 Å². The molecule has 2 aliphatic heterocycles. The third kappa shape index (κ3) is 3.72. The molecule has 2 heterocycles. The largest absolute Gasteiger partial charge is 0.477 e. The predicted octanol–water partition coefficient (Wildman–Crippen LogP) is 1.46. The van der Waals surface area contributed by atoms with Gasteiger partial charge < -0.3 is 19.9 Å². The molecule has 9 heteroatoms. The Kier molecular flexibility index (Phi) is 6.12. The molecule has 150 valence electrons. The molecule has 0 spiro atoms. The van der Waals surface area contributed by atoms with Crippen molar-refractivity contribution in [1.29, 1.82) is 0 Å². The molecule has 0 aromatic rings. The molecule has 2 unspecified atom stereocenters. The smallest absolute Gasteiger partial charge is 0.352 e. The van der Waals surface area contributed by atoms with Crippen LogP contribution in [0.5, 0.6) is 0 Å². The molecule has 3 rings (SSSR count). The number of fused-ring (bicyclic) bond motifs is 1. The van der Waals surface area contributed by atoms with E-state index in [-0.39, 0.29) is 25.0 Å². The topological polar surface area (TPSA) is 105 Å². The first-order chi connectivity index (χ1) is 12.9. The standard InChI is InChI=1S/C18H26N2O6S/c1-3-26-18(19-13(21)9-25-12-7-5-4-6-8-12)16(24)20-14(15(22)23)11(2)10-27-17(18)20/h12,17H,3-10H2,1-2H3,(H,19,21)(H,22,23). The summed E-state index contributed by atoms with van der Waals surface area (Å²) in [5.41, 5.74) is -0.936. The third-order valence-electron chi connectivity index (χ3n) is 5.12. The molecule has 2 N–H and O–H groups in total. The van der Waals surface area contributed by atoms with Crippen LogP contribution in [0.3, 0.4) is 0 Å². The molecule has 0 aromatic heterocycles. The number of carbonyl (C=O) groups excluding carboxylic acids is 2. The SMILES string of the molecule is CCOC1(NC(=O)COC2CCCCC2)C(=O)N2C(C(=O)O)=C(C)CSC21. The van der Waals surface area contributed by atoms with Crippen molar-refractivity contribution in [3.05, 3.63) is 11.3 Å². The molecule has 2 fully saturated rings. The van der Waals surface area contributed by atoms with Gasteiger partial charge >= 0.3 is 5.97 Å². The fourth-order valence-electron chi connectivity index (χ4n) is 3.86. The van der Waals surface area contributed by atoms with Crippen molar-refractivity contribution < 1.29 is 29.0 Å². The molecule has 2 atom stereocenters. The molecule has 27 heavy (non-hydrogen) atoms. The van der Waals surface area contributed by atoms with Gasteiger partial charge in [0.15, 0.2) is 0 Å². The lowest BCUT2D eigenvalue weighted by molar-refractivity contribution is -0.198. The fraction of sp³-hybridized carbons (Fsp3) is 0.722. The Morgan fingerprint density at radius 2 is 2.04 bits per heavy atom. The average molecular weight is 398 g/mol. The van der Waals surface area contributed by atoms with Crippen molar-refractivity contribution in [2.24, 2.45) is 0 Å². The van der Waals surface area contributed by atoms with Crippen LogP contribution >= 0.6 is 11.8 Å². The number of carboxylic acids is 1. The lowest BCUT2D eigenvalue weighted by Crippen LogP contribution is -2.81. The Hall–Kier alpha value is -1.58. The molecule has 0 radical (unpaired) electrons. The first-order valence-corrected chi connectivity index (χ1v) is 10.4. The number of hydrogen-bond acceptors (Lipinski definition) is 6. The van der Waals surface area contributed by atoms with Gasteiger partial charge in [-0.2, -0.15) is 0 Å². The van der Waals surface area contributed by atoms with Crippen molar-refractivity contribution >= 4 is 29.5 Å². The molecule has 8 nitrogen and oxygen atoms in total. The van der Waals surface area contributed by atoms with Gasteiger partial charge in [-0.25, -0.2) is 4.79 Å². The number of nitrogens with one attached hydrogen (secondary N) is 1. The second-order valence-electron chi connectivity index (χ2n) is 7.06. The third-order valence-corrected chi connectivity index (χ3v) is 6.58. The number of carbonyl (C=O) groups is 3. The van der Waals surface area contributed by atoms with Gasteiger partial charge in [0, 0.05) is 12.4 Å². The highest BCUT2D eigenvalue weighted by Crippen LogP contribution is 2.46. The van der Waals surface area contributed by atoms with Crippen LogP contribution in [0.2, 0.25) is 0 Å². The molecule has 0 bridgehead atoms. The fourth-order valence-corrected chi connectivity index (χ4v) is 5.22. The molecular formula is C18H26N2O6S. The predicted molar refractivity (Wildman–Crippen MR) is 98.8 cm³/mol. The molecule has 2 amide bonds. The van der Waals surface area contributed by atoms with Gasteiger partial charge in [0.25, 0.3) is 11.6 Å². The number of aliphatic carboxylic acids is 1. The quantitative estimate of drug-likeness (QED) is 0.494. The molecule has 1 saturated heterocycles. The molecular weight excluding hydrogens is 372 g/mol. The normalized spacial score (nSPS) is 28.6. The summed E-state index contributed by atoms with van der Waals surface area (Å²) >= 11 is 1.38. The molecule has 3 aliphatic rings. The number of amides is 2. The van der Waals surface area contributed by atoms with Gasteiger partial charge in [-0.15, -0.1) is 11.8 Å². The molecule has 1 saturated carbocycles. The number of ether oxygens (including phenoxy) is 2. The Bertz CT molecular complexity index is 660. The zero-order valence-electron chi connectivity index (χ0n) is 15.7. The van der Waals surface area contributed by atoms with E-state index in [4.69, 9.17) is 9.47 Å². The van der Waals surface area contributed by atoms with Gasteiger partial charge in [0.05, 0.1) is 6.10 Å². The highest BCUT2D eigenvalue weighted by atomic mass is 32.2. The maximum absolute atomic E-state index is 12.8. The summed E-state index contributed by atoms with van der Waals surface area (Å²) in [6.45, 7) is 3.50. The molecule has 1 aliphatic carbocycles. The zero-order chi connectivity index (χ0) is 19.6. The zero-order valence-corrected chi connectivity index (χ0v) is 16.5. The maximum Gasteiger partial charge on any atom is 0.352 e. The summed E-state index contributed by atoms with van der Waals surface area (Å²) < 4.78 is 11.3. The van der Waals surface area contributed by atoms with E-state index in [9.17, 15) is 19.5 Å². The van der Waals surface area contributed by atoms with Crippen LogP contribution in [0.15, 0.2) is 11.3 Å². The monoisotopic (exact) mass is 398 g/mol. The highest BCUT2D eigenvalue weighted by Gasteiger charge is 2.66. The van der Waals surface area contributed by atoms with E-state index in [2.05, 4.69) is 5.32 Å². The van der Waals surface area contributed by atoms with E-state index in [1.165, 1.54) is 23.1 Å². The van der Waals surface area contributed by atoms with Crippen molar-refractivity contribution in [3.63, 3.8) is 0 Å². The Morgan fingerprint density at radius 1 is 1.33 bits per heavy atom. The number of carboxylic acid groups (broad SMARTS) is 1. The van der Waals surface area contributed by atoms with Crippen LogP contribution in [0.1, 0.15) is 46.0 Å². The van der Waals surface area contributed by atoms with E-state index < -0.39 is 28.9 Å². The van der Waals surface area contributed by atoms with E-state index >= 15 is 0 Å². The minimum atomic E-state index is -1.53. The van der Waals surface area contributed by atoms with E-state index in [1.807, 2.05) is 0 Å². The summed E-state index contributed by atoms with van der Waals surface area (Å²) in [5.74, 6) is -1.67. The van der Waals surface area contributed by atoms with Crippen molar-refractivity contribution in [2.45, 2.75) is 63.2 Å². The Balaban J connectivity index is 1.69. The van der Waals surface area contributed by atoms with E-state index in [1.54, 1.807) is 13.8 Å². The minimum Gasteiger partial charge on any atom is -0.477 e. The van der Waals surface area contributed by atoms with Crippen LogP contribution in [-0.4, -0.2) is 64.0 Å². The lowest BCUT2D eigenvalue weighted by atomic mass is 9.97. The van der Waals surface area contributed by atoms with Gasteiger partial charge in [-0.3, -0.25) is 14.5 Å². The van der Waals surface area contributed by atoms with Crippen LogP contribution in [-0.2, 0) is 23.9 Å². The van der Waals surface area contributed by atoms with Crippen LogP contribution in [0.25, 0.3) is 0 Å². The lowest BCUT2D eigenvalue weighted by Gasteiger charge is -2.56. The van der Waals surface area contributed by atoms with E-state index in [0.29, 0.717) is 11.3 Å². The Labute approximate surface area is 162 Å². The summed E-state index contributed by atoms with van der Waals surface area (Å²) in [7, 11) is 0. The summed E-state index contributed by atoms with van der Waals surface area (Å²) in [6.07, 6.45) is 5.37. The van der Waals surface area contributed by atoms with Crippen LogP contribution in [0, 0.1) is 0 Å². The number of nitrogens with zero attached hydrogens (tertiary/aromatic N) is 1. The second kappa shape index (κ2) is 8.20. The minimum absolute atomic E-state index is 0.0215. The van der Waals surface area contributed by atoms with Crippen molar-refractivity contribution in [1.82, 2.24) is 10.2 Å². The first-order valence-electron chi connectivity index (χ1n) is 9.35. The number of thioether (sulfide) groups is 1. The summed E-state index contributed by atoms with van der Waals surface area (Å²) in [4.78, 5) is 38.1. The summed E-state index contributed by atoms with van der Waals surface area (Å²) in [5, 5.41) is 11.5. The number of rotatable bonds is 7. The number of β-lactam (4-membered cyclic amide) rings is 1. The summed E-state index contributed by atoms with van der Waals surface area (Å²) in [6, 6.07) is 0. The Morgan fingerprint density at radius 3 is 2.67 bits per heavy atom. The van der Waals surface area contributed by atoms with Crippen LogP contribution < -0.4 is 5.32 Å². The van der Waals surface area contributed by atoms with Gasteiger partial charge in [0.2, 0.25) is 5.91 Å². The van der Waals surface area contributed by atoms with E-state index in [0.717, 1.165) is 25.7 Å². The first kappa shape index (κ1) is 20.2. The van der Waals surface area contributed by atoms with Crippen molar-refractivity contribution in [2.75, 3.05) is 19.0 Å². The van der Waals surface area contributed by atoms with Gasteiger partial charge in [-0.05, 0) is 32.3 Å². The van der Waals surface area contributed by atoms with Crippen molar-refractivity contribution in [3.8, 4) is 0 Å². The maximum atomic E-state index is 12.8. The average Bonchev–Trinajstić information content (AvgIpc) is 2.66. The number of hydrogen-bond donors (Lipinski definition) is 2. The highest BCUT2D eigenvalue weighted by molar-refractivity contribution is 8.00. The second-order valence-corrected chi connectivity index (χ2v) is 8.13. The van der Waals surface area contributed by atoms with Crippen LogP contribution in [0.4, 0.5) is 0 Å². The molecule has 0 aromatic carbocycles. The van der Waals surface area contributed by atoms with Gasteiger partial charge in [0.1, 0.15) is 17.7 Å².